The van der Waals surface area contributed by atoms with E-state index in [4.69, 9.17) is 11.6 Å². The number of rotatable bonds is 2. The van der Waals surface area contributed by atoms with Crippen LogP contribution in [0.15, 0.2) is 36.5 Å². The highest BCUT2D eigenvalue weighted by Crippen LogP contribution is 2.22. The maximum absolute atomic E-state index is 11.0. The van der Waals surface area contributed by atoms with E-state index in [0.29, 0.717) is 5.02 Å². The number of aromatic nitrogens is 1. The van der Waals surface area contributed by atoms with Gasteiger partial charge in [-0.05, 0) is 23.8 Å². The minimum absolute atomic E-state index is 0.385. The molecule has 1 heterocycles. The quantitative estimate of drug-likeness (QED) is 0.605. The minimum atomic E-state index is -0.385. The number of pyridine rings is 1. The normalized spacial score (nSPS) is 10.9. The molecule has 0 unspecified atom stereocenters. The average Bonchev–Trinajstić information content (AvgIpc) is 2.36. The first-order chi connectivity index (χ1) is 8.20. The van der Waals surface area contributed by atoms with Gasteiger partial charge in [0, 0.05) is 17.7 Å². The van der Waals surface area contributed by atoms with Crippen LogP contribution >= 0.6 is 11.6 Å². The van der Waals surface area contributed by atoms with Crippen molar-refractivity contribution in [3.8, 4) is 0 Å². The van der Waals surface area contributed by atoms with E-state index in [9.17, 15) is 4.79 Å². The topological polar surface area (TPSA) is 39.2 Å². The fourth-order valence-electron chi connectivity index (χ4n) is 1.47. The molecule has 0 atom stereocenters. The number of carbonyl (C=O) groups excluding carboxylic acids is 1. The maximum atomic E-state index is 11.0. The molecular formula is C13H10ClNO2. The first-order valence-corrected chi connectivity index (χ1v) is 5.39. The van der Waals surface area contributed by atoms with E-state index < -0.39 is 0 Å². The molecular weight excluding hydrogens is 238 g/mol. The lowest BCUT2D eigenvalue weighted by atomic mass is 10.1. The summed E-state index contributed by atoms with van der Waals surface area (Å²) in [5.41, 5.74) is 1.67. The van der Waals surface area contributed by atoms with Crippen LogP contribution < -0.4 is 0 Å². The van der Waals surface area contributed by atoms with E-state index >= 15 is 0 Å². The molecule has 86 valence electrons. The molecule has 0 spiro atoms. The van der Waals surface area contributed by atoms with E-state index in [1.165, 1.54) is 13.2 Å². The molecule has 0 amide bonds. The molecule has 2 rings (SSSR count). The SMILES string of the molecule is COC(=O)C=Cc1ccc2c(Cl)ccnc2c1. The fourth-order valence-corrected chi connectivity index (χ4v) is 1.68. The van der Waals surface area contributed by atoms with Gasteiger partial charge in [-0.2, -0.15) is 0 Å². The zero-order valence-electron chi connectivity index (χ0n) is 9.18. The largest absolute Gasteiger partial charge is 0.466 e. The smallest absolute Gasteiger partial charge is 0.330 e. The number of esters is 1. The predicted molar refractivity (Wildman–Crippen MR) is 67.8 cm³/mol. The monoisotopic (exact) mass is 247 g/mol. The molecule has 1 aromatic carbocycles. The molecule has 17 heavy (non-hydrogen) atoms. The Labute approximate surface area is 104 Å². The Bertz CT molecular complexity index is 593. The van der Waals surface area contributed by atoms with E-state index in [2.05, 4.69) is 9.72 Å². The molecule has 0 aliphatic carbocycles. The highest BCUT2D eigenvalue weighted by atomic mass is 35.5. The minimum Gasteiger partial charge on any atom is -0.466 e. The second-order valence-corrected chi connectivity index (χ2v) is 3.83. The number of carbonyl (C=O) groups is 1. The van der Waals surface area contributed by atoms with Crippen molar-refractivity contribution in [2.75, 3.05) is 7.11 Å². The molecule has 4 heteroatoms. The summed E-state index contributed by atoms with van der Waals surface area (Å²) in [5.74, 6) is -0.385. The molecule has 0 radical (unpaired) electrons. The Morgan fingerprint density at radius 1 is 1.41 bits per heavy atom. The standard InChI is InChI=1S/C13H10ClNO2/c1-17-13(16)5-3-9-2-4-10-11(14)6-7-15-12(10)8-9/h2-8H,1H3. The Morgan fingerprint density at radius 2 is 2.24 bits per heavy atom. The van der Waals surface area contributed by atoms with Gasteiger partial charge in [0.05, 0.1) is 17.6 Å². The number of benzene rings is 1. The van der Waals surface area contributed by atoms with Crippen LogP contribution in [0.2, 0.25) is 5.02 Å². The van der Waals surface area contributed by atoms with Crippen molar-refractivity contribution in [2.45, 2.75) is 0 Å². The maximum Gasteiger partial charge on any atom is 0.330 e. The zero-order chi connectivity index (χ0) is 12.3. The number of hydrogen-bond acceptors (Lipinski definition) is 3. The molecule has 0 aliphatic rings. The molecule has 0 fully saturated rings. The molecule has 3 nitrogen and oxygen atoms in total. The van der Waals surface area contributed by atoms with Crippen LogP contribution in [0.1, 0.15) is 5.56 Å². The van der Waals surface area contributed by atoms with Crippen molar-refractivity contribution < 1.29 is 9.53 Å². The molecule has 0 aliphatic heterocycles. The van der Waals surface area contributed by atoms with Gasteiger partial charge in [-0.15, -0.1) is 0 Å². The van der Waals surface area contributed by atoms with Crippen LogP contribution in [-0.4, -0.2) is 18.1 Å². The van der Waals surface area contributed by atoms with Crippen LogP contribution in [0.25, 0.3) is 17.0 Å². The van der Waals surface area contributed by atoms with Crippen LogP contribution in [0.3, 0.4) is 0 Å². The lowest BCUT2D eigenvalue weighted by Crippen LogP contribution is -1.93. The van der Waals surface area contributed by atoms with Crippen molar-refractivity contribution in [3.63, 3.8) is 0 Å². The number of hydrogen-bond donors (Lipinski definition) is 0. The molecule has 0 saturated carbocycles. The summed E-state index contributed by atoms with van der Waals surface area (Å²) in [6.45, 7) is 0. The lowest BCUT2D eigenvalue weighted by molar-refractivity contribution is -0.134. The second-order valence-electron chi connectivity index (χ2n) is 3.43. The van der Waals surface area contributed by atoms with Gasteiger partial charge in [-0.25, -0.2) is 4.79 Å². The first kappa shape index (κ1) is 11.6. The van der Waals surface area contributed by atoms with Gasteiger partial charge >= 0.3 is 5.97 Å². The van der Waals surface area contributed by atoms with Crippen molar-refractivity contribution in [3.05, 3.63) is 47.1 Å². The molecule has 0 bridgehead atoms. The lowest BCUT2D eigenvalue weighted by Gasteiger charge is -2.00. The third-order valence-corrected chi connectivity index (χ3v) is 2.66. The van der Waals surface area contributed by atoms with E-state index in [1.807, 2.05) is 18.2 Å². The van der Waals surface area contributed by atoms with Gasteiger partial charge in [0.25, 0.3) is 0 Å². The highest BCUT2D eigenvalue weighted by Gasteiger charge is 2.00. The highest BCUT2D eigenvalue weighted by molar-refractivity contribution is 6.35. The molecule has 1 aromatic heterocycles. The summed E-state index contributed by atoms with van der Waals surface area (Å²) in [7, 11) is 1.34. The summed E-state index contributed by atoms with van der Waals surface area (Å²) in [6, 6.07) is 7.35. The van der Waals surface area contributed by atoms with Gasteiger partial charge in [0.2, 0.25) is 0 Å². The summed E-state index contributed by atoms with van der Waals surface area (Å²) >= 11 is 6.03. The van der Waals surface area contributed by atoms with Gasteiger partial charge < -0.3 is 4.74 Å². The van der Waals surface area contributed by atoms with Gasteiger partial charge in [-0.3, -0.25) is 4.98 Å². The fraction of sp³-hybridized carbons (Fsp3) is 0.0769. The van der Waals surface area contributed by atoms with Gasteiger partial charge in [-0.1, -0.05) is 23.7 Å². The molecule has 0 saturated heterocycles. The zero-order valence-corrected chi connectivity index (χ0v) is 9.94. The third kappa shape index (κ3) is 2.63. The summed E-state index contributed by atoms with van der Waals surface area (Å²) in [5, 5.41) is 1.56. The number of halogens is 1. The summed E-state index contributed by atoms with van der Waals surface area (Å²) < 4.78 is 4.52. The van der Waals surface area contributed by atoms with E-state index in [-0.39, 0.29) is 5.97 Å². The van der Waals surface area contributed by atoms with Crippen LogP contribution in [0.5, 0.6) is 0 Å². The van der Waals surface area contributed by atoms with Gasteiger partial charge in [0.15, 0.2) is 0 Å². The van der Waals surface area contributed by atoms with Crippen molar-refractivity contribution in [1.82, 2.24) is 4.98 Å². The van der Waals surface area contributed by atoms with Crippen LogP contribution in [0.4, 0.5) is 0 Å². The van der Waals surface area contributed by atoms with Crippen molar-refractivity contribution >= 4 is 34.5 Å². The summed E-state index contributed by atoms with van der Waals surface area (Å²) in [4.78, 5) is 15.2. The Balaban J connectivity index is 2.39. The second kappa shape index (κ2) is 4.97. The number of methoxy groups -OCH3 is 1. The van der Waals surface area contributed by atoms with E-state index in [0.717, 1.165) is 16.5 Å². The van der Waals surface area contributed by atoms with E-state index in [1.54, 1.807) is 18.3 Å². The molecule has 0 N–H and O–H groups in total. The van der Waals surface area contributed by atoms with Crippen LogP contribution in [-0.2, 0) is 9.53 Å². The number of nitrogens with zero attached hydrogens (tertiary/aromatic N) is 1. The number of fused-ring (bicyclic) bond motifs is 1. The average molecular weight is 248 g/mol. The number of ether oxygens (including phenoxy) is 1. The third-order valence-electron chi connectivity index (χ3n) is 2.33. The molecule has 2 aromatic rings. The van der Waals surface area contributed by atoms with Crippen molar-refractivity contribution in [2.24, 2.45) is 0 Å². The Hall–Kier alpha value is -1.87. The Kier molecular flexibility index (Phi) is 3.40. The van der Waals surface area contributed by atoms with Gasteiger partial charge in [0.1, 0.15) is 0 Å². The summed E-state index contributed by atoms with van der Waals surface area (Å²) in [6.07, 6.45) is 4.69. The Morgan fingerprint density at radius 3 is 3.00 bits per heavy atom. The predicted octanol–water partition coefficient (Wildman–Crippen LogP) is 3.07. The van der Waals surface area contributed by atoms with Crippen LogP contribution in [0, 0.1) is 0 Å². The van der Waals surface area contributed by atoms with Crippen molar-refractivity contribution in [1.29, 1.82) is 0 Å². The first-order valence-electron chi connectivity index (χ1n) is 5.01.